The summed E-state index contributed by atoms with van der Waals surface area (Å²) in [5.41, 5.74) is 0. The lowest BCUT2D eigenvalue weighted by Gasteiger charge is -2.27. The first-order chi connectivity index (χ1) is 9.74. The average Bonchev–Trinajstić information content (AvgIpc) is 3.10. The van der Waals surface area contributed by atoms with E-state index in [0.717, 1.165) is 12.3 Å². The van der Waals surface area contributed by atoms with Crippen LogP contribution in [-0.2, 0) is 11.3 Å². The van der Waals surface area contributed by atoms with Crippen molar-refractivity contribution < 1.29 is 14.3 Å². The number of rotatable bonds is 9. The predicted molar refractivity (Wildman–Crippen MR) is 82.0 cm³/mol. The highest BCUT2D eigenvalue weighted by Gasteiger charge is 2.32. The quantitative estimate of drug-likeness (QED) is 0.733. The minimum Gasteiger partial charge on any atom is -0.467 e. The Morgan fingerprint density at radius 1 is 1.50 bits per heavy atom. The lowest BCUT2D eigenvalue weighted by Crippen LogP contribution is -2.39. The third-order valence-corrected chi connectivity index (χ3v) is 5.33. The van der Waals surface area contributed by atoms with Gasteiger partial charge in [0.15, 0.2) is 0 Å². The fourth-order valence-electron chi connectivity index (χ4n) is 2.69. The van der Waals surface area contributed by atoms with Gasteiger partial charge in [-0.2, -0.15) is 11.8 Å². The van der Waals surface area contributed by atoms with Crippen LogP contribution in [0, 0.1) is 0 Å². The maximum absolute atomic E-state index is 9.88. The fraction of sp³-hybridized carbons (Fsp3) is 0.733. The van der Waals surface area contributed by atoms with Crippen molar-refractivity contribution in [1.29, 1.82) is 0 Å². The van der Waals surface area contributed by atoms with Gasteiger partial charge in [-0.05, 0) is 31.2 Å². The van der Waals surface area contributed by atoms with Crippen LogP contribution < -0.4 is 5.32 Å². The van der Waals surface area contributed by atoms with E-state index < -0.39 is 6.10 Å². The zero-order valence-corrected chi connectivity index (χ0v) is 13.0. The van der Waals surface area contributed by atoms with Crippen molar-refractivity contribution in [2.24, 2.45) is 0 Å². The molecule has 1 unspecified atom stereocenters. The molecule has 1 atom stereocenters. The van der Waals surface area contributed by atoms with Crippen LogP contribution in [0.5, 0.6) is 0 Å². The summed E-state index contributed by atoms with van der Waals surface area (Å²) in [6, 6.07) is 3.70. The number of aliphatic hydroxyl groups excluding tert-OH is 1. The monoisotopic (exact) mass is 299 g/mol. The summed E-state index contributed by atoms with van der Waals surface area (Å²) in [5.74, 6) is 0.789. The molecule has 1 fully saturated rings. The molecule has 2 rings (SSSR count). The number of ether oxygens (including phenoxy) is 1. The summed E-state index contributed by atoms with van der Waals surface area (Å²) >= 11 is 1.96. The molecule has 4 nitrogen and oxygen atoms in total. The standard InChI is InChI=1S/C15H25NO3S/c1-20-15(6-2-3-7-15)12-16-9-13(17)10-18-11-14-5-4-8-19-14/h4-5,8,13,16-17H,2-3,6-7,9-12H2,1H3. The molecule has 114 valence electrons. The molecule has 1 aliphatic carbocycles. The summed E-state index contributed by atoms with van der Waals surface area (Å²) in [5, 5.41) is 13.3. The SMILES string of the molecule is CSC1(CNCC(O)COCc2ccco2)CCCC1. The van der Waals surface area contributed by atoms with E-state index in [0.29, 0.717) is 24.5 Å². The van der Waals surface area contributed by atoms with Crippen LogP contribution in [0.1, 0.15) is 31.4 Å². The number of thioether (sulfide) groups is 1. The number of aliphatic hydroxyl groups is 1. The fourth-order valence-corrected chi connectivity index (χ4v) is 3.63. The van der Waals surface area contributed by atoms with Gasteiger partial charge in [0.05, 0.1) is 19.0 Å². The Morgan fingerprint density at radius 2 is 2.30 bits per heavy atom. The molecule has 0 spiro atoms. The van der Waals surface area contributed by atoms with Crippen LogP contribution in [-0.4, -0.2) is 41.9 Å². The first-order valence-corrected chi connectivity index (χ1v) is 8.51. The Labute approximate surface area is 125 Å². The molecular formula is C15H25NO3S. The van der Waals surface area contributed by atoms with E-state index in [2.05, 4.69) is 11.6 Å². The number of hydrogen-bond donors (Lipinski definition) is 2. The van der Waals surface area contributed by atoms with Gasteiger partial charge >= 0.3 is 0 Å². The van der Waals surface area contributed by atoms with Gasteiger partial charge in [0, 0.05) is 17.8 Å². The minimum absolute atomic E-state index is 0.333. The van der Waals surface area contributed by atoms with Crippen LogP contribution in [0.25, 0.3) is 0 Å². The summed E-state index contributed by atoms with van der Waals surface area (Å²) in [6.07, 6.45) is 8.58. The van der Waals surface area contributed by atoms with Crippen molar-refractivity contribution in [3.8, 4) is 0 Å². The normalized spacial score (nSPS) is 19.3. The highest BCUT2D eigenvalue weighted by atomic mass is 32.2. The molecule has 20 heavy (non-hydrogen) atoms. The van der Waals surface area contributed by atoms with E-state index in [1.807, 2.05) is 23.9 Å². The molecule has 1 aromatic rings. The van der Waals surface area contributed by atoms with E-state index in [4.69, 9.17) is 9.15 Å². The molecule has 1 aliphatic rings. The third-order valence-electron chi connectivity index (χ3n) is 3.91. The smallest absolute Gasteiger partial charge is 0.129 e. The topological polar surface area (TPSA) is 54.6 Å². The Balaban J connectivity index is 1.56. The Hall–Kier alpha value is -0.490. The van der Waals surface area contributed by atoms with E-state index in [-0.39, 0.29) is 0 Å². The third kappa shape index (κ3) is 4.81. The van der Waals surface area contributed by atoms with Crippen molar-refractivity contribution in [3.05, 3.63) is 24.2 Å². The van der Waals surface area contributed by atoms with Gasteiger partial charge in [-0.15, -0.1) is 0 Å². The van der Waals surface area contributed by atoms with E-state index in [1.165, 1.54) is 25.7 Å². The van der Waals surface area contributed by atoms with E-state index >= 15 is 0 Å². The maximum atomic E-state index is 9.88. The van der Waals surface area contributed by atoms with Gasteiger partial charge in [-0.3, -0.25) is 0 Å². The average molecular weight is 299 g/mol. The van der Waals surface area contributed by atoms with Crippen molar-refractivity contribution in [3.63, 3.8) is 0 Å². The second kappa shape index (κ2) is 8.08. The highest BCUT2D eigenvalue weighted by Crippen LogP contribution is 2.39. The lowest BCUT2D eigenvalue weighted by atomic mass is 10.1. The summed E-state index contributed by atoms with van der Waals surface area (Å²) in [7, 11) is 0. The van der Waals surface area contributed by atoms with Crippen LogP contribution in [0.15, 0.2) is 22.8 Å². The Kier molecular flexibility index (Phi) is 6.42. The van der Waals surface area contributed by atoms with Gasteiger partial charge in [0.2, 0.25) is 0 Å². The van der Waals surface area contributed by atoms with Gasteiger partial charge in [-0.1, -0.05) is 12.8 Å². The molecule has 0 aromatic carbocycles. The van der Waals surface area contributed by atoms with Gasteiger partial charge in [-0.25, -0.2) is 0 Å². The summed E-state index contributed by atoms with van der Waals surface area (Å²) in [4.78, 5) is 0. The second-order valence-electron chi connectivity index (χ2n) is 5.47. The Bertz CT molecular complexity index is 363. The van der Waals surface area contributed by atoms with Crippen molar-refractivity contribution in [2.75, 3.05) is 26.0 Å². The lowest BCUT2D eigenvalue weighted by molar-refractivity contribution is 0.0225. The molecule has 1 aromatic heterocycles. The second-order valence-corrected chi connectivity index (χ2v) is 6.75. The molecule has 0 amide bonds. The zero-order chi connectivity index (χ0) is 14.3. The van der Waals surface area contributed by atoms with Crippen molar-refractivity contribution in [2.45, 2.75) is 43.1 Å². The molecule has 1 heterocycles. The number of nitrogens with one attached hydrogen (secondary N) is 1. The largest absolute Gasteiger partial charge is 0.467 e. The molecule has 0 saturated heterocycles. The molecule has 2 N–H and O–H groups in total. The minimum atomic E-state index is -0.467. The molecule has 0 bridgehead atoms. The molecule has 0 aliphatic heterocycles. The maximum Gasteiger partial charge on any atom is 0.129 e. The Morgan fingerprint density at radius 3 is 2.95 bits per heavy atom. The summed E-state index contributed by atoms with van der Waals surface area (Å²) < 4.78 is 11.0. The number of furan rings is 1. The van der Waals surface area contributed by atoms with Crippen LogP contribution >= 0.6 is 11.8 Å². The van der Waals surface area contributed by atoms with Gasteiger partial charge in [0.25, 0.3) is 0 Å². The predicted octanol–water partition coefficient (Wildman–Crippen LogP) is 2.42. The van der Waals surface area contributed by atoms with Gasteiger partial charge < -0.3 is 19.6 Å². The highest BCUT2D eigenvalue weighted by molar-refractivity contribution is 8.00. The first-order valence-electron chi connectivity index (χ1n) is 7.28. The van der Waals surface area contributed by atoms with Crippen molar-refractivity contribution >= 4 is 11.8 Å². The molecule has 0 radical (unpaired) electrons. The molecular weight excluding hydrogens is 274 g/mol. The van der Waals surface area contributed by atoms with E-state index in [9.17, 15) is 5.11 Å². The van der Waals surface area contributed by atoms with Gasteiger partial charge in [0.1, 0.15) is 12.4 Å². The van der Waals surface area contributed by atoms with Crippen molar-refractivity contribution in [1.82, 2.24) is 5.32 Å². The van der Waals surface area contributed by atoms with Crippen LogP contribution in [0.2, 0.25) is 0 Å². The molecule has 5 heteroatoms. The molecule has 1 saturated carbocycles. The zero-order valence-electron chi connectivity index (χ0n) is 12.1. The summed E-state index contributed by atoms with van der Waals surface area (Å²) in [6.45, 7) is 2.31. The van der Waals surface area contributed by atoms with E-state index in [1.54, 1.807) is 6.26 Å². The number of hydrogen-bond acceptors (Lipinski definition) is 5. The van der Waals surface area contributed by atoms with Crippen LogP contribution in [0.4, 0.5) is 0 Å². The first kappa shape index (κ1) is 15.9. The van der Waals surface area contributed by atoms with Crippen LogP contribution in [0.3, 0.4) is 0 Å².